The van der Waals surface area contributed by atoms with Crippen LogP contribution in [0.2, 0.25) is 0 Å². The van der Waals surface area contributed by atoms with Crippen molar-refractivity contribution in [2.45, 2.75) is 25.8 Å². The Labute approximate surface area is 79.2 Å². The summed E-state index contributed by atoms with van der Waals surface area (Å²) in [5, 5.41) is 12.3. The lowest BCUT2D eigenvalue weighted by Crippen LogP contribution is -2.17. The number of aromatic nitrogens is 2. The van der Waals surface area contributed by atoms with E-state index in [1.807, 2.05) is 0 Å². The number of aromatic carboxylic acids is 1. The number of nitrogens with zero attached hydrogens (tertiary/aromatic N) is 2. The van der Waals surface area contributed by atoms with Gasteiger partial charge in [-0.3, -0.25) is 4.68 Å². The minimum absolute atomic E-state index is 0.0748. The van der Waals surface area contributed by atoms with E-state index < -0.39 is 18.3 Å². The van der Waals surface area contributed by atoms with E-state index in [9.17, 15) is 13.6 Å². The molecule has 0 bridgehead atoms. The molecule has 4 nitrogen and oxygen atoms in total. The molecule has 14 heavy (non-hydrogen) atoms. The van der Waals surface area contributed by atoms with E-state index in [4.69, 9.17) is 5.11 Å². The van der Waals surface area contributed by atoms with Crippen LogP contribution in [0.3, 0.4) is 0 Å². The van der Waals surface area contributed by atoms with E-state index in [1.54, 1.807) is 0 Å². The predicted octanol–water partition coefficient (Wildman–Crippen LogP) is 1.63. The number of carbonyl (C=O) groups is 1. The molecular formula is C8H10F2N2O2. The number of carboxylic acids is 1. The molecule has 0 amide bonds. The molecule has 1 heterocycles. The van der Waals surface area contributed by atoms with Crippen molar-refractivity contribution in [3.8, 4) is 0 Å². The molecule has 0 saturated heterocycles. The van der Waals surface area contributed by atoms with Crippen LogP contribution in [0, 0.1) is 0 Å². The summed E-state index contributed by atoms with van der Waals surface area (Å²) >= 11 is 0. The molecule has 6 heteroatoms. The Morgan fingerprint density at radius 3 is 2.86 bits per heavy atom. The van der Waals surface area contributed by atoms with E-state index in [1.165, 1.54) is 12.3 Å². The highest BCUT2D eigenvalue weighted by molar-refractivity contribution is 5.85. The number of carboxylic acid groups (broad SMARTS) is 1. The zero-order valence-corrected chi connectivity index (χ0v) is 7.57. The average molecular weight is 204 g/mol. The van der Waals surface area contributed by atoms with Gasteiger partial charge in [0.15, 0.2) is 0 Å². The van der Waals surface area contributed by atoms with Crippen LogP contribution >= 0.6 is 0 Å². The van der Waals surface area contributed by atoms with E-state index in [0.29, 0.717) is 0 Å². The van der Waals surface area contributed by atoms with Crippen molar-refractivity contribution in [3.63, 3.8) is 0 Å². The standard InChI is InChI=1S/C8H10F2N2O2/c1-8(9,10)3-5-12-6(7(13)14)2-4-11-12/h2,4H,3,5H2,1H3,(H,13,14). The van der Waals surface area contributed by atoms with Crippen molar-refractivity contribution in [1.29, 1.82) is 0 Å². The zero-order valence-electron chi connectivity index (χ0n) is 7.57. The van der Waals surface area contributed by atoms with Gasteiger partial charge in [-0.1, -0.05) is 0 Å². The van der Waals surface area contributed by atoms with Gasteiger partial charge >= 0.3 is 5.97 Å². The number of alkyl halides is 2. The van der Waals surface area contributed by atoms with Gasteiger partial charge in [0.1, 0.15) is 5.69 Å². The first-order chi connectivity index (χ1) is 6.40. The van der Waals surface area contributed by atoms with Gasteiger partial charge in [-0.2, -0.15) is 5.10 Å². The number of halogens is 2. The van der Waals surface area contributed by atoms with Crippen molar-refractivity contribution < 1.29 is 18.7 Å². The highest BCUT2D eigenvalue weighted by Gasteiger charge is 2.22. The topological polar surface area (TPSA) is 55.1 Å². The van der Waals surface area contributed by atoms with Gasteiger partial charge in [0.05, 0.1) is 0 Å². The van der Waals surface area contributed by atoms with E-state index in [0.717, 1.165) is 11.6 Å². The fourth-order valence-electron chi connectivity index (χ4n) is 0.995. The Morgan fingerprint density at radius 2 is 2.36 bits per heavy atom. The molecule has 1 rings (SSSR count). The second-order valence-electron chi connectivity index (χ2n) is 3.06. The molecular weight excluding hydrogens is 194 g/mol. The van der Waals surface area contributed by atoms with E-state index >= 15 is 0 Å². The quantitative estimate of drug-likeness (QED) is 0.810. The normalized spacial score (nSPS) is 11.6. The summed E-state index contributed by atoms with van der Waals surface area (Å²) in [5.74, 6) is -3.97. The van der Waals surface area contributed by atoms with Crippen LogP contribution < -0.4 is 0 Å². The Morgan fingerprint density at radius 1 is 1.71 bits per heavy atom. The Kier molecular flexibility index (Phi) is 2.83. The van der Waals surface area contributed by atoms with Gasteiger partial charge < -0.3 is 5.11 Å². The first kappa shape index (κ1) is 10.6. The van der Waals surface area contributed by atoms with Crippen molar-refractivity contribution in [3.05, 3.63) is 18.0 Å². The largest absolute Gasteiger partial charge is 0.477 e. The number of rotatable bonds is 4. The molecule has 0 aromatic carbocycles. The molecule has 0 saturated carbocycles. The number of hydrogen-bond donors (Lipinski definition) is 1. The summed E-state index contributed by atoms with van der Waals surface area (Å²) in [5.41, 5.74) is -0.0748. The lowest BCUT2D eigenvalue weighted by Gasteiger charge is -2.10. The van der Waals surface area contributed by atoms with Crippen LogP contribution in [-0.2, 0) is 6.54 Å². The molecule has 0 aliphatic rings. The maximum Gasteiger partial charge on any atom is 0.354 e. The summed E-state index contributed by atoms with van der Waals surface area (Å²) in [6, 6.07) is 1.27. The first-order valence-electron chi connectivity index (χ1n) is 4.03. The van der Waals surface area contributed by atoms with Gasteiger partial charge in [0.25, 0.3) is 0 Å². The summed E-state index contributed by atoms with van der Waals surface area (Å²) in [7, 11) is 0. The van der Waals surface area contributed by atoms with Crippen molar-refractivity contribution in [1.82, 2.24) is 9.78 Å². The molecule has 78 valence electrons. The molecule has 1 aromatic heterocycles. The molecule has 1 aromatic rings. The predicted molar refractivity (Wildman–Crippen MR) is 44.4 cm³/mol. The Balaban J connectivity index is 2.68. The van der Waals surface area contributed by atoms with Crippen molar-refractivity contribution in [2.75, 3.05) is 0 Å². The third kappa shape index (κ3) is 2.79. The van der Waals surface area contributed by atoms with Crippen LogP contribution in [0.5, 0.6) is 0 Å². The van der Waals surface area contributed by atoms with Crippen LogP contribution in [0.1, 0.15) is 23.8 Å². The smallest absolute Gasteiger partial charge is 0.354 e. The van der Waals surface area contributed by atoms with Crippen molar-refractivity contribution in [2.24, 2.45) is 0 Å². The maximum atomic E-state index is 12.5. The van der Waals surface area contributed by atoms with Gasteiger partial charge in [-0.15, -0.1) is 0 Å². The third-order valence-corrected chi connectivity index (χ3v) is 1.70. The molecule has 0 fully saturated rings. The van der Waals surface area contributed by atoms with Crippen LogP contribution in [-0.4, -0.2) is 26.8 Å². The molecule has 0 aliphatic heterocycles. The van der Waals surface area contributed by atoms with Crippen LogP contribution in [0.25, 0.3) is 0 Å². The Hall–Kier alpha value is -1.46. The lowest BCUT2D eigenvalue weighted by atomic mass is 10.2. The summed E-state index contributed by atoms with van der Waals surface area (Å²) < 4.78 is 26.0. The van der Waals surface area contributed by atoms with Gasteiger partial charge in [-0.25, -0.2) is 13.6 Å². The number of hydrogen-bond acceptors (Lipinski definition) is 2. The fraction of sp³-hybridized carbons (Fsp3) is 0.500. The van der Waals surface area contributed by atoms with E-state index in [-0.39, 0.29) is 12.2 Å². The summed E-state index contributed by atoms with van der Waals surface area (Å²) in [6.45, 7) is 0.690. The Bertz CT molecular complexity index is 330. The second kappa shape index (κ2) is 3.73. The molecule has 0 atom stereocenters. The molecule has 0 spiro atoms. The second-order valence-corrected chi connectivity index (χ2v) is 3.06. The highest BCUT2D eigenvalue weighted by atomic mass is 19.3. The lowest BCUT2D eigenvalue weighted by molar-refractivity contribution is 0.00729. The fourth-order valence-corrected chi connectivity index (χ4v) is 0.995. The minimum Gasteiger partial charge on any atom is -0.477 e. The first-order valence-corrected chi connectivity index (χ1v) is 4.03. The van der Waals surface area contributed by atoms with Crippen molar-refractivity contribution >= 4 is 5.97 Å². The SMILES string of the molecule is CC(F)(F)CCn1nccc1C(=O)O. The van der Waals surface area contributed by atoms with E-state index in [2.05, 4.69) is 5.10 Å². The zero-order chi connectivity index (χ0) is 10.8. The molecule has 1 N–H and O–H groups in total. The van der Waals surface area contributed by atoms with Crippen LogP contribution in [0.15, 0.2) is 12.3 Å². The van der Waals surface area contributed by atoms with Crippen LogP contribution in [0.4, 0.5) is 8.78 Å². The summed E-state index contributed by atoms with van der Waals surface area (Å²) in [4.78, 5) is 10.6. The summed E-state index contributed by atoms with van der Waals surface area (Å²) in [6.07, 6.45) is 0.853. The van der Waals surface area contributed by atoms with Gasteiger partial charge in [-0.05, 0) is 13.0 Å². The maximum absolute atomic E-state index is 12.5. The minimum atomic E-state index is -2.80. The van der Waals surface area contributed by atoms with Gasteiger partial charge in [0, 0.05) is 19.2 Å². The average Bonchev–Trinajstić information content (AvgIpc) is 2.46. The molecule has 0 unspecified atom stereocenters. The monoisotopic (exact) mass is 204 g/mol. The number of aryl methyl sites for hydroxylation is 1. The highest BCUT2D eigenvalue weighted by Crippen LogP contribution is 2.17. The molecule has 0 radical (unpaired) electrons. The third-order valence-electron chi connectivity index (χ3n) is 1.70. The molecule has 0 aliphatic carbocycles. The van der Waals surface area contributed by atoms with Gasteiger partial charge in [0.2, 0.25) is 5.92 Å².